The Morgan fingerprint density at radius 2 is 1.23 bits per heavy atom. The highest BCUT2D eigenvalue weighted by atomic mass is 32.2. The average molecular weight is 454 g/mol. The molecule has 0 radical (unpaired) electrons. The van der Waals surface area contributed by atoms with Crippen molar-refractivity contribution in [3.05, 3.63) is 0 Å². The quantitative estimate of drug-likeness (QED) is 0.243. The third-order valence-electron chi connectivity index (χ3n) is 3.95. The van der Waals surface area contributed by atoms with Gasteiger partial charge in [-0.1, -0.05) is 6.42 Å². The number of ketones is 1. The molecule has 178 valence electrons. The first-order chi connectivity index (χ1) is 14.3. The molecule has 0 unspecified atom stereocenters. The van der Waals surface area contributed by atoms with Gasteiger partial charge in [0.15, 0.2) is 0 Å². The molecule has 0 bridgehead atoms. The third kappa shape index (κ3) is 25.0. The zero-order valence-corrected chi connectivity index (χ0v) is 19.3. The molecule has 30 heavy (non-hydrogen) atoms. The van der Waals surface area contributed by atoms with Crippen LogP contribution in [0.2, 0.25) is 0 Å². The Kier molecular flexibility index (Phi) is 19.2. The van der Waals surface area contributed by atoms with Gasteiger partial charge in [0, 0.05) is 39.2 Å². The molecule has 0 rings (SSSR count). The van der Waals surface area contributed by atoms with E-state index in [-0.39, 0.29) is 17.4 Å². The van der Waals surface area contributed by atoms with Crippen molar-refractivity contribution in [1.29, 1.82) is 0 Å². The Bertz CT molecular complexity index is 539. The van der Waals surface area contributed by atoms with Gasteiger partial charge in [0.05, 0.1) is 52.0 Å². The van der Waals surface area contributed by atoms with Crippen LogP contribution < -0.4 is 5.32 Å². The molecule has 0 saturated carbocycles. The Morgan fingerprint density at radius 1 is 0.700 bits per heavy atom. The van der Waals surface area contributed by atoms with E-state index in [1.165, 1.54) is 13.2 Å². The molecule has 0 atom stereocenters. The molecule has 1 N–H and O–H groups in total. The van der Waals surface area contributed by atoms with Crippen LogP contribution in [0.5, 0.6) is 0 Å². The summed E-state index contributed by atoms with van der Waals surface area (Å²) in [6.07, 6.45) is 5.34. The SMILES string of the molecule is CC(=O)NCCCCCC(=O)CCOCCOCCOCCOCCCS(C)(=O)=O. The second kappa shape index (κ2) is 19.9. The van der Waals surface area contributed by atoms with E-state index in [0.29, 0.717) is 78.7 Å². The van der Waals surface area contributed by atoms with Crippen LogP contribution in [0.15, 0.2) is 0 Å². The van der Waals surface area contributed by atoms with Gasteiger partial charge in [-0.3, -0.25) is 9.59 Å². The van der Waals surface area contributed by atoms with Crippen LogP contribution in [0.25, 0.3) is 0 Å². The summed E-state index contributed by atoms with van der Waals surface area (Å²) < 4.78 is 43.2. The first-order valence-electron chi connectivity index (χ1n) is 10.6. The van der Waals surface area contributed by atoms with Crippen molar-refractivity contribution in [3.63, 3.8) is 0 Å². The number of carbonyl (C=O) groups excluding carboxylic acids is 2. The van der Waals surface area contributed by atoms with Gasteiger partial charge in [0.25, 0.3) is 0 Å². The second-order valence-electron chi connectivity index (χ2n) is 7.02. The molecule has 0 aromatic carbocycles. The second-order valence-corrected chi connectivity index (χ2v) is 9.27. The molecule has 9 nitrogen and oxygen atoms in total. The number of amides is 1. The number of unbranched alkanes of at least 4 members (excludes halogenated alkanes) is 2. The van der Waals surface area contributed by atoms with Gasteiger partial charge in [-0.25, -0.2) is 8.42 Å². The van der Waals surface area contributed by atoms with Gasteiger partial charge >= 0.3 is 0 Å². The number of carbonyl (C=O) groups is 2. The van der Waals surface area contributed by atoms with E-state index in [1.807, 2.05) is 0 Å². The minimum atomic E-state index is -2.92. The smallest absolute Gasteiger partial charge is 0.216 e. The fourth-order valence-corrected chi connectivity index (χ4v) is 3.03. The van der Waals surface area contributed by atoms with E-state index < -0.39 is 9.84 Å². The molecule has 0 aliphatic heterocycles. The highest BCUT2D eigenvalue weighted by Gasteiger charge is 2.03. The molecule has 0 aromatic rings. The fourth-order valence-electron chi connectivity index (χ4n) is 2.38. The number of nitrogens with one attached hydrogen (secondary N) is 1. The van der Waals surface area contributed by atoms with E-state index in [2.05, 4.69) is 5.32 Å². The fraction of sp³-hybridized carbons (Fsp3) is 0.900. The van der Waals surface area contributed by atoms with E-state index in [4.69, 9.17) is 18.9 Å². The summed E-state index contributed by atoms with van der Waals surface area (Å²) in [4.78, 5) is 22.4. The predicted octanol–water partition coefficient (Wildman–Crippen LogP) is 1.14. The van der Waals surface area contributed by atoms with Crippen LogP contribution in [-0.4, -0.2) is 91.5 Å². The molecule has 0 aliphatic rings. The Balaban J connectivity index is 3.20. The van der Waals surface area contributed by atoms with Crippen molar-refractivity contribution >= 4 is 21.5 Å². The van der Waals surface area contributed by atoms with Gasteiger partial charge in [-0.2, -0.15) is 0 Å². The van der Waals surface area contributed by atoms with Crippen molar-refractivity contribution in [2.45, 2.75) is 45.4 Å². The summed E-state index contributed by atoms with van der Waals surface area (Å²) in [5, 5.41) is 2.73. The summed E-state index contributed by atoms with van der Waals surface area (Å²) in [5.74, 6) is 0.312. The lowest BCUT2D eigenvalue weighted by molar-refractivity contribution is -0.121. The number of sulfone groups is 1. The minimum Gasteiger partial charge on any atom is -0.379 e. The third-order valence-corrected chi connectivity index (χ3v) is 4.98. The monoisotopic (exact) mass is 453 g/mol. The maximum atomic E-state index is 11.7. The van der Waals surface area contributed by atoms with Gasteiger partial charge in [0.2, 0.25) is 5.91 Å². The molecule has 0 spiro atoms. The molecule has 0 heterocycles. The number of Topliss-reactive ketones (excluding diaryl/α,β-unsaturated/α-hetero) is 1. The number of hydrogen-bond donors (Lipinski definition) is 1. The number of rotatable bonds is 22. The largest absolute Gasteiger partial charge is 0.379 e. The Labute approximate surface area is 181 Å². The van der Waals surface area contributed by atoms with Crippen molar-refractivity contribution in [1.82, 2.24) is 5.32 Å². The molecule has 0 aliphatic carbocycles. The summed E-state index contributed by atoms with van der Waals surface area (Å²) in [5.41, 5.74) is 0. The van der Waals surface area contributed by atoms with Crippen LogP contribution in [0, 0.1) is 0 Å². The van der Waals surface area contributed by atoms with Gasteiger partial charge in [-0.05, 0) is 19.3 Å². The molecule has 0 fully saturated rings. The van der Waals surface area contributed by atoms with Crippen LogP contribution in [-0.2, 0) is 38.4 Å². The molecule has 0 saturated heterocycles. The maximum Gasteiger partial charge on any atom is 0.216 e. The average Bonchev–Trinajstić information content (AvgIpc) is 2.66. The van der Waals surface area contributed by atoms with Gasteiger partial charge in [0.1, 0.15) is 15.6 Å². The lowest BCUT2D eigenvalue weighted by Crippen LogP contribution is -2.20. The van der Waals surface area contributed by atoms with Crippen LogP contribution in [0.3, 0.4) is 0 Å². The molecule has 0 aromatic heterocycles. The van der Waals surface area contributed by atoms with Crippen molar-refractivity contribution in [3.8, 4) is 0 Å². The zero-order chi connectivity index (χ0) is 22.5. The van der Waals surface area contributed by atoms with E-state index >= 15 is 0 Å². The van der Waals surface area contributed by atoms with E-state index in [0.717, 1.165) is 19.3 Å². The first-order valence-corrected chi connectivity index (χ1v) is 12.6. The first kappa shape index (κ1) is 28.9. The minimum absolute atomic E-state index is 0.0230. The maximum absolute atomic E-state index is 11.7. The highest BCUT2D eigenvalue weighted by Crippen LogP contribution is 2.02. The Hall–Kier alpha value is -1.07. The lowest BCUT2D eigenvalue weighted by atomic mass is 10.1. The van der Waals surface area contributed by atoms with Gasteiger partial charge in [-0.15, -0.1) is 0 Å². The van der Waals surface area contributed by atoms with Crippen LogP contribution in [0.1, 0.15) is 45.4 Å². The number of ether oxygens (including phenoxy) is 4. The van der Waals surface area contributed by atoms with Crippen LogP contribution in [0.4, 0.5) is 0 Å². The highest BCUT2D eigenvalue weighted by molar-refractivity contribution is 7.90. The summed E-state index contributed by atoms with van der Waals surface area (Å²) >= 11 is 0. The van der Waals surface area contributed by atoms with Crippen LogP contribution >= 0.6 is 0 Å². The summed E-state index contributed by atoms with van der Waals surface area (Å²) in [6.45, 7) is 5.63. The van der Waals surface area contributed by atoms with Gasteiger partial charge < -0.3 is 24.3 Å². The normalized spacial score (nSPS) is 11.5. The standard InChI is InChI=1S/C20H39NO8S/c1-19(22)21-9-5-3-4-7-20(23)8-11-27-13-15-29-17-16-28-14-12-26-10-6-18-30(2,24)25/h3-18H2,1-2H3,(H,21,22). The van der Waals surface area contributed by atoms with E-state index in [9.17, 15) is 18.0 Å². The summed E-state index contributed by atoms with van der Waals surface area (Å²) in [6, 6.07) is 0. The zero-order valence-electron chi connectivity index (χ0n) is 18.5. The molecular formula is C20H39NO8S. The van der Waals surface area contributed by atoms with Crippen molar-refractivity contribution < 1.29 is 37.0 Å². The molecule has 1 amide bonds. The lowest BCUT2D eigenvalue weighted by Gasteiger charge is -2.07. The van der Waals surface area contributed by atoms with Crippen molar-refractivity contribution in [2.75, 3.05) is 71.4 Å². The molecule has 10 heteroatoms. The molecular weight excluding hydrogens is 414 g/mol. The summed E-state index contributed by atoms with van der Waals surface area (Å²) in [7, 11) is -2.92. The predicted molar refractivity (Wildman–Crippen MR) is 114 cm³/mol. The van der Waals surface area contributed by atoms with Crippen molar-refractivity contribution in [2.24, 2.45) is 0 Å². The van der Waals surface area contributed by atoms with E-state index in [1.54, 1.807) is 0 Å². The topological polar surface area (TPSA) is 117 Å². The Morgan fingerprint density at radius 3 is 1.77 bits per heavy atom. The number of hydrogen-bond acceptors (Lipinski definition) is 8.